The number of rotatable bonds is 3. The fourth-order valence-corrected chi connectivity index (χ4v) is 3.36. The Bertz CT molecular complexity index is 452. The molecular formula is C15H21FN2O. The SMILES string of the molecule is NCc1cc(F)cc(CN2CCOC3CCCC32)c1. The van der Waals surface area contributed by atoms with Crippen molar-refractivity contribution < 1.29 is 9.13 Å². The van der Waals surface area contributed by atoms with Crippen molar-refractivity contribution in [2.24, 2.45) is 5.73 Å². The summed E-state index contributed by atoms with van der Waals surface area (Å²) in [5.74, 6) is -0.186. The average molecular weight is 264 g/mol. The smallest absolute Gasteiger partial charge is 0.123 e. The first-order valence-electron chi connectivity index (χ1n) is 7.10. The van der Waals surface area contributed by atoms with Crippen LogP contribution in [0.3, 0.4) is 0 Å². The van der Waals surface area contributed by atoms with Crippen LogP contribution in [-0.4, -0.2) is 30.2 Å². The predicted molar refractivity (Wildman–Crippen MR) is 72.1 cm³/mol. The maximum Gasteiger partial charge on any atom is 0.123 e. The van der Waals surface area contributed by atoms with Gasteiger partial charge in [0.1, 0.15) is 5.82 Å². The van der Waals surface area contributed by atoms with Crippen molar-refractivity contribution in [2.45, 2.75) is 44.5 Å². The van der Waals surface area contributed by atoms with Gasteiger partial charge in [-0.15, -0.1) is 0 Å². The minimum atomic E-state index is -0.186. The highest BCUT2D eigenvalue weighted by Crippen LogP contribution is 2.30. The van der Waals surface area contributed by atoms with Gasteiger partial charge in [0, 0.05) is 25.7 Å². The summed E-state index contributed by atoms with van der Waals surface area (Å²) >= 11 is 0. The highest BCUT2D eigenvalue weighted by Gasteiger charge is 2.35. The summed E-state index contributed by atoms with van der Waals surface area (Å²) in [4.78, 5) is 2.44. The summed E-state index contributed by atoms with van der Waals surface area (Å²) in [6, 6.07) is 5.67. The number of hydrogen-bond acceptors (Lipinski definition) is 3. The molecule has 3 rings (SSSR count). The van der Waals surface area contributed by atoms with Crippen molar-refractivity contribution in [3.63, 3.8) is 0 Å². The number of hydrogen-bond donors (Lipinski definition) is 1. The Hall–Kier alpha value is -0.970. The van der Waals surface area contributed by atoms with Crippen LogP contribution >= 0.6 is 0 Å². The number of nitrogens with two attached hydrogens (primary N) is 1. The second kappa shape index (κ2) is 5.57. The molecule has 1 saturated heterocycles. The first-order valence-corrected chi connectivity index (χ1v) is 7.10. The van der Waals surface area contributed by atoms with E-state index in [1.54, 1.807) is 6.07 Å². The summed E-state index contributed by atoms with van der Waals surface area (Å²) in [6.07, 6.45) is 3.99. The third kappa shape index (κ3) is 2.81. The highest BCUT2D eigenvalue weighted by molar-refractivity contribution is 5.24. The highest BCUT2D eigenvalue weighted by atomic mass is 19.1. The fraction of sp³-hybridized carbons (Fsp3) is 0.600. The van der Waals surface area contributed by atoms with Gasteiger partial charge in [-0.05, 0) is 42.5 Å². The average Bonchev–Trinajstić information content (AvgIpc) is 2.87. The number of benzene rings is 1. The van der Waals surface area contributed by atoms with Crippen molar-refractivity contribution in [1.29, 1.82) is 0 Å². The van der Waals surface area contributed by atoms with Crippen LogP contribution in [0.25, 0.3) is 0 Å². The van der Waals surface area contributed by atoms with Gasteiger partial charge in [-0.2, -0.15) is 0 Å². The Morgan fingerprint density at radius 2 is 2.11 bits per heavy atom. The minimum absolute atomic E-state index is 0.186. The predicted octanol–water partition coefficient (Wildman–Crippen LogP) is 2.04. The molecule has 1 saturated carbocycles. The second-order valence-corrected chi connectivity index (χ2v) is 5.55. The van der Waals surface area contributed by atoms with E-state index < -0.39 is 0 Å². The molecule has 0 radical (unpaired) electrons. The lowest BCUT2D eigenvalue weighted by molar-refractivity contribution is -0.0588. The van der Waals surface area contributed by atoms with E-state index in [9.17, 15) is 4.39 Å². The van der Waals surface area contributed by atoms with Crippen LogP contribution in [0.5, 0.6) is 0 Å². The van der Waals surface area contributed by atoms with Gasteiger partial charge in [0.05, 0.1) is 12.7 Å². The first kappa shape index (κ1) is 13.0. The molecule has 104 valence electrons. The summed E-state index contributed by atoms with van der Waals surface area (Å²) < 4.78 is 19.3. The van der Waals surface area contributed by atoms with E-state index >= 15 is 0 Å². The maximum absolute atomic E-state index is 13.5. The molecule has 1 aromatic carbocycles. The molecular weight excluding hydrogens is 243 g/mol. The van der Waals surface area contributed by atoms with Gasteiger partial charge < -0.3 is 10.5 Å². The molecule has 1 heterocycles. The Labute approximate surface area is 113 Å². The molecule has 0 spiro atoms. The van der Waals surface area contributed by atoms with E-state index in [4.69, 9.17) is 10.5 Å². The molecule has 0 bridgehead atoms. The van der Waals surface area contributed by atoms with Crippen LogP contribution in [0.2, 0.25) is 0 Å². The fourth-order valence-electron chi connectivity index (χ4n) is 3.36. The van der Waals surface area contributed by atoms with Crippen molar-refractivity contribution >= 4 is 0 Å². The summed E-state index contributed by atoms with van der Waals surface area (Å²) in [5.41, 5.74) is 7.49. The molecule has 0 amide bonds. The minimum Gasteiger partial charge on any atom is -0.375 e. The quantitative estimate of drug-likeness (QED) is 0.908. The molecule has 3 nitrogen and oxygen atoms in total. The number of ether oxygens (including phenoxy) is 1. The van der Waals surface area contributed by atoms with Gasteiger partial charge in [-0.3, -0.25) is 4.90 Å². The van der Waals surface area contributed by atoms with Gasteiger partial charge in [0.2, 0.25) is 0 Å². The van der Waals surface area contributed by atoms with E-state index in [1.807, 2.05) is 6.07 Å². The van der Waals surface area contributed by atoms with Crippen LogP contribution in [0, 0.1) is 5.82 Å². The zero-order valence-corrected chi connectivity index (χ0v) is 11.1. The molecule has 19 heavy (non-hydrogen) atoms. The van der Waals surface area contributed by atoms with Crippen LogP contribution in [0.1, 0.15) is 30.4 Å². The molecule has 1 aromatic rings. The summed E-state index contributed by atoms with van der Waals surface area (Å²) in [7, 11) is 0. The van der Waals surface area contributed by atoms with E-state index in [1.165, 1.54) is 25.3 Å². The number of fused-ring (bicyclic) bond motifs is 1. The number of morpholine rings is 1. The number of halogens is 1. The van der Waals surface area contributed by atoms with E-state index in [0.717, 1.165) is 30.8 Å². The second-order valence-electron chi connectivity index (χ2n) is 5.55. The van der Waals surface area contributed by atoms with Gasteiger partial charge in [-0.25, -0.2) is 4.39 Å². The summed E-state index contributed by atoms with van der Waals surface area (Å²) in [5, 5.41) is 0. The standard InChI is InChI=1S/C15H21FN2O/c16-13-7-11(9-17)6-12(8-13)10-18-4-5-19-15-3-1-2-14(15)18/h6-8,14-15H,1-5,9-10,17H2. The molecule has 4 heteroatoms. The van der Waals surface area contributed by atoms with Crippen LogP contribution in [0.4, 0.5) is 4.39 Å². The lowest BCUT2D eigenvalue weighted by Gasteiger charge is -2.37. The normalized spacial score (nSPS) is 27.5. The lowest BCUT2D eigenvalue weighted by Crippen LogP contribution is -2.47. The third-order valence-electron chi connectivity index (χ3n) is 4.24. The molecule has 2 fully saturated rings. The molecule has 2 atom stereocenters. The maximum atomic E-state index is 13.5. The van der Waals surface area contributed by atoms with E-state index in [2.05, 4.69) is 4.90 Å². The van der Waals surface area contributed by atoms with E-state index in [0.29, 0.717) is 18.7 Å². The molecule has 2 unspecified atom stereocenters. The third-order valence-corrected chi connectivity index (χ3v) is 4.24. The van der Waals surface area contributed by atoms with Gasteiger partial charge in [-0.1, -0.05) is 6.07 Å². The first-order chi connectivity index (χ1) is 9.26. The summed E-state index contributed by atoms with van der Waals surface area (Å²) in [6.45, 7) is 2.92. The Balaban J connectivity index is 1.75. The van der Waals surface area contributed by atoms with Gasteiger partial charge in [0.25, 0.3) is 0 Å². The van der Waals surface area contributed by atoms with Crippen molar-refractivity contribution in [2.75, 3.05) is 13.2 Å². The van der Waals surface area contributed by atoms with Crippen LogP contribution < -0.4 is 5.73 Å². The topological polar surface area (TPSA) is 38.5 Å². The molecule has 1 aliphatic carbocycles. The van der Waals surface area contributed by atoms with Crippen molar-refractivity contribution in [3.05, 3.63) is 35.1 Å². The Kier molecular flexibility index (Phi) is 3.82. The Morgan fingerprint density at radius 1 is 1.26 bits per heavy atom. The van der Waals surface area contributed by atoms with Crippen molar-refractivity contribution in [3.8, 4) is 0 Å². The van der Waals surface area contributed by atoms with Crippen molar-refractivity contribution in [1.82, 2.24) is 4.90 Å². The van der Waals surface area contributed by atoms with Crippen LogP contribution in [-0.2, 0) is 17.8 Å². The Morgan fingerprint density at radius 3 is 2.95 bits per heavy atom. The monoisotopic (exact) mass is 264 g/mol. The largest absolute Gasteiger partial charge is 0.375 e. The van der Waals surface area contributed by atoms with Gasteiger partial charge in [0.15, 0.2) is 0 Å². The molecule has 1 aliphatic heterocycles. The number of nitrogens with zero attached hydrogens (tertiary/aromatic N) is 1. The zero-order chi connectivity index (χ0) is 13.2. The molecule has 0 aromatic heterocycles. The zero-order valence-electron chi connectivity index (χ0n) is 11.1. The van der Waals surface area contributed by atoms with E-state index in [-0.39, 0.29) is 5.82 Å². The molecule has 2 N–H and O–H groups in total. The van der Waals surface area contributed by atoms with Crippen LogP contribution in [0.15, 0.2) is 18.2 Å². The lowest BCUT2D eigenvalue weighted by atomic mass is 10.1. The van der Waals surface area contributed by atoms with Gasteiger partial charge >= 0.3 is 0 Å². The molecule has 2 aliphatic rings.